The van der Waals surface area contributed by atoms with Crippen LogP contribution in [0, 0.1) is 34.0 Å². The highest BCUT2D eigenvalue weighted by Crippen LogP contribution is 2.80. The lowest BCUT2D eigenvalue weighted by Gasteiger charge is -2.59. The molecule has 5 aliphatic rings. The molecule has 0 aromatic rings. The molecule has 5 aliphatic carbocycles. The molecule has 6 heteroatoms. The molecule has 0 aliphatic heterocycles. The molecule has 5 saturated carbocycles. The first-order valence-electron chi connectivity index (χ1n) is 9.56. The summed E-state index contributed by atoms with van der Waals surface area (Å²) < 4.78 is 0. The van der Waals surface area contributed by atoms with Gasteiger partial charge in [0.2, 0.25) is 0 Å². The molecule has 0 amide bonds. The van der Waals surface area contributed by atoms with Gasteiger partial charge in [0.1, 0.15) is 11.5 Å². The van der Waals surface area contributed by atoms with Gasteiger partial charge >= 0.3 is 0 Å². The molecule has 142 valence electrons. The van der Waals surface area contributed by atoms with Crippen molar-refractivity contribution in [2.45, 2.75) is 63.4 Å². The van der Waals surface area contributed by atoms with E-state index in [-0.39, 0.29) is 5.57 Å². The smallest absolute Gasteiger partial charge is 0.172 e. The van der Waals surface area contributed by atoms with Crippen LogP contribution in [0.2, 0.25) is 0 Å². The lowest BCUT2D eigenvalue weighted by Crippen LogP contribution is -2.69. The number of carbonyl (C=O) groups excluding carboxylic acids is 2. The fraction of sp³-hybridized carbons (Fsp3) is 0.800. The number of hydrogen-bond acceptors (Lipinski definition) is 6. The Kier molecular flexibility index (Phi) is 2.83. The van der Waals surface area contributed by atoms with Crippen molar-refractivity contribution in [3.63, 3.8) is 0 Å². The van der Waals surface area contributed by atoms with Crippen molar-refractivity contribution in [1.29, 1.82) is 0 Å². The van der Waals surface area contributed by atoms with Gasteiger partial charge in [-0.05, 0) is 42.6 Å². The van der Waals surface area contributed by atoms with Gasteiger partial charge in [-0.25, -0.2) is 0 Å². The minimum Gasteiger partial charge on any atom is -0.392 e. The fourth-order valence-corrected chi connectivity index (χ4v) is 8.12. The van der Waals surface area contributed by atoms with E-state index in [0.717, 1.165) is 0 Å². The van der Waals surface area contributed by atoms with Gasteiger partial charge in [-0.1, -0.05) is 20.4 Å². The van der Waals surface area contributed by atoms with E-state index in [1.165, 1.54) is 0 Å². The molecule has 5 rings (SSSR count). The molecule has 0 heterocycles. The van der Waals surface area contributed by atoms with Gasteiger partial charge in [0.15, 0.2) is 17.2 Å². The Hall–Kier alpha value is -1.08. The highest BCUT2D eigenvalue weighted by atomic mass is 16.4. The first-order valence-corrected chi connectivity index (χ1v) is 9.56. The van der Waals surface area contributed by atoms with Crippen LogP contribution in [0.4, 0.5) is 0 Å². The number of hydrogen-bond donors (Lipinski definition) is 4. The van der Waals surface area contributed by atoms with E-state index in [4.69, 9.17) is 0 Å². The SMILES string of the molecule is C=C1C(=O)[C@]23[C@H](O)[C@@H]1CC[C@H]2[C@@]12C(O)[C@@]3(O)C(=O)[C@@H]1C(C)(C)CC[C@@H]2O. The number of carbonyl (C=O) groups is 2. The van der Waals surface area contributed by atoms with Crippen LogP contribution >= 0.6 is 0 Å². The molecule has 0 saturated heterocycles. The Balaban J connectivity index is 1.86. The Morgan fingerprint density at radius 3 is 2.38 bits per heavy atom. The zero-order valence-electron chi connectivity index (χ0n) is 15.1. The highest BCUT2D eigenvalue weighted by molar-refractivity contribution is 6.12. The maximum atomic E-state index is 13.5. The maximum absolute atomic E-state index is 13.5. The monoisotopic (exact) mass is 362 g/mol. The van der Waals surface area contributed by atoms with Crippen LogP contribution in [0.1, 0.15) is 39.5 Å². The highest BCUT2D eigenvalue weighted by Gasteiger charge is 2.93. The molecule has 6 nitrogen and oxygen atoms in total. The third kappa shape index (κ3) is 1.22. The Morgan fingerprint density at radius 1 is 1.08 bits per heavy atom. The van der Waals surface area contributed by atoms with Crippen LogP contribution in [0.5, 0.6) is 0 Å². The average Bonchev–Trinajstić information content (AvgIpc) is 2.91. The number of aliphatic hydroxyl groups excluding tert-OH is 3. The number of fused-ring (bicyclic) bond motifs is 2. The first kappa shape index (κ1) is 17.0. The number of aliphatic hydroxyl groups is 4. The average molecular weight is 362 g/mol. The van der Waals surface area contributed by atoms with Crippen LogP contribution in [0.3, 0.4) is 0 Å². The van der Waals surface area contributed by atoms with Crippen molar-refractivity contribution < 1.29 is 30.0 Å². The largest absolute Gasteiger partial charge is 0.392 e. The molecule has 1 unspecified atom stereocenters. The van der Waals surface area contributed by atoms with Gasteiger partial charge in [0.25, 0.3) is 0 Å². The Morgan fingerprint density at radius 2 is 1.73 bits per heavy atom. The minimum absolute atomic E-state index is 0.235. The van der Waals surface area contributed by atoms with Crippen LogP contribution < -0.4 is 0 Å². The van der Waals surface area contributed by atoms with Crippen LogP contribution in [-0.4, -0.2) is 55.9 Å². The zero-order valence-corrected chi connectivity index (χ0v) is 15.1. The second-order valence-corrected chi connectivity index (χ2v) is 9.91. The molecule has 0 aromatic carbocycles. The summed E-state index contributed by atoms with van der Waals surface area (Å²) in [5.74, 6) is -2.96. The van der Waals surface area contributed by atoms with E-state index in [2.05, 4.69) is 6.58 Å². The van der Waals surface area contributed by atoms with E-state index >= 15 is 0 Å². The molecule has 4 N–H and O–H groups in total. The second-order valence-electron chi connectivity index (χ2n) is 9.91. The lowest BCUT2D eigenvalue weighted by atomic mass is 9.43. The summed E-state index contributed by atoms with van der Waals surface area (Å²) in [6, 6.07) is 0. The topological polar surface area (TPSA) is 115 Å². The van der Waals surface area contributed by atoms with E-state index < -0.39 is 69.5 Å². The maximum Gasteiger partial charge on any atom is 0.172 e. The lowest BCUT2D eigenvalue weighted by molar-refractivity contribution is -0.210. The van der Waals surface area contributed by atoms with Crippen molar-refractivity contribution in [2.75, 3.05) is 0 Å². The van der Waals surface area contributed by atoms with Crippen LogP contribution in [0.15, 0.2) is 12.2 Å². The Bertz CT molecular complexity index is 772. The van der Waals surface area contributed by atoms with E-state index in [0.29, 0.717) is 25.7 Å². The normalized spacial score (nSPS) is 59.5. The van der Waals surface area contributed by atoms with E-state index in [9.17, 15) is 30.0 Å². The predicted molar refractivity (Wildman–Crippen MR) is 89.7 cm³/mol. The van der Waals surface area contributed by atoms with Crippen molar-refractivity contribution >= 4 is 11.6 Å². The first-order chi connectivity index (χ1) is 12.0. The van der Waals surface area contributed by atoms with Crippen molar-refractivity contribution in [1.82, 2.24) is 0 Å². The predicted octanol–water partition coefficient (Wildman–Crippen LogP) is -0.0294. The molecule has 0 radical (unpaired) electrons. The molecular formula is C20H26O6. The van der Waals surface area contributed by atoms with Gasteiger partial charge < -0.3 is 20.4 Å². The van der Waals surface area contributed by atoms with Gasteiger partial charge in [0.05, 0.1) is 12.2 Å². The van der Waals surface area contributed by atoms with Crippen LogP contribution in [0.25, 0.3) is 0 Å². The third-order valence-electron chi connectivity index (χ3n) is 8.94. The summed E-state index contributed by atoms with van der Waals surface area (Å²) in [7, 11) is 0. The van der Waals surface area contributed by atoms with Gasteiger partial charge in [-0.2, -0.15) is 0 Å². The van der Waals surface area contributed by atoms with E-state index in [1.807, 2.05) is 13.8 Å². The quantitative estimate of drug-likeness (QED) is 0.450. The number of rotatable bonds is 0. The third-order valence-corrected chi connectivity index (χ3v) is 8.94. The zero-order chi connectivity index (χ0) is 19.0. The molecule has 2 spiro atoms. The van der Waals surface area contributed by atoms with E-state index in [1.54, 1.807) is 0 Å². The molecule has 4 bridgehead atoms. The summed E-state index contributed by atoms with van der Waals surface area (Å²) >= 11 is 0. The number of Topliss-reactive ketones (excluding diaryl/α,β-unsaturated/α-hetero) is 2. The Labute approximate surface area is 151 Å². The molecule has 5 fully saturated rings. The summed E-state index contributed by atoms with van der Waals surface area (Å²) in [5.41, 5.74) is -5.70. The van der Waals surface area contributed by atoms with Crippen molar-refractivity contribution in [3.05, 3.63) is 12.2 Å². The molecule has 26 heavy (non-hydrogen) atoms. The van der Waals surface area contributed by atoms with Gasteiger partial charge in [-0.15, -0.1) is 0 Å². The second kappa shape index (κ2) is 4.32. The van der Waals surface area contributed by atoms with Crippen molar-refractivity contribution in [3.8, 4) is 0 Å². The summed E-state index contributed by atoms with van der Waals surface area (Å²) in [5, 5.41) is 45.0. The standard InChI is InChI=1S/C20H26O6/c1-8-9-4-5-10-18-11(21)6-7-17(2,3)12(18)15(24)20(26,16(18)25)19(10,13(8)22)14(9)23/h9-12,14,16,21,23,25-26H,1,4-7H2,2-3H3/t9-,10+,11+,12-,14-,16?,18+,19+,20+/m1/s1. The van der Waals surface area contributed by atoms with Crippen molar-refractivity contribution in [2.24, 2.45) is 34.0 Å². The molecule has 0 aromatic heterocycles. The van der Waals surface area contributed by atoms with Gasteiger partial charge in [-0.3, -0.25) is 9.59 Å². The fourth-order valence-electron chi connectivity index (χ4n) is 8.12. The summed E-state index contributed by atoms with van der Waals surface area (Å²) in [6.45, 7) is 7.66. The van der Waals surface area contributed by atoms with Gasteiger partial charge in [0, 0.05) is 17.3 Å². The minimum atomic E-state index is -2.36. The molecular weight excluding hydrogens is 336 g/mol. The molecule has 9 atom stereocenters. The summed E-state index contributed by atoms with van der Waals surface area (Å²) in [4.78, 5) is 26.8. The van der Waals surface area contributed by atoms with Crippen LogP contribution in [-0.2, 0) is 9.59 Å². The summed E-state index contributed by atoms with van der Waals surface area (Å²) in [6.07, 6.45) is -1.83. The number of ketones is 2.